The summed E-state index contributed by atoms with van der Waals surface area (Å²) in [6, 6.07) is 0. The molecule has 2 nitrogen and oxygen atoms in total. The van der Waals surface area contributed by atoms with Gasteiger partial charge < -0.3 is 4.90 Å². The monoisotopic (exact) mass is 167 g/mol. The molecule has 1 radical (unpaired) electrons. The van der Waals surface area contributed by atoms with E-state index in [-0.39, 0.29) is 0 Å². The van der Waals surface area contributed by atoms with Gasteiger partial charge in [-0.2, -0.15) is 0 Å². The fourth-order valence-electron chi connectivity index (χ4n) is 2.55. The first-order valence-electron chi connectivity index (χ1n) is 5.18. The predicted molar refractivity (Wildman–Crippen MR) is 50.2 cm³/mol. The van der Waals surface area contributed by atoms with Crippen LogP contribution in [-0.2, 0) is 0 Å². The number of hydrogen-bond donors (Lipinski definition) is 0. The average molecular weight is 167 g/mol. The van der Waals surface area contributed by atoms with Crippen molar-refractivity contribution in [2.24, 2.45) is 11.8 Å². The van der Waals surface area contributed by atoms with Crippen LogP contribution in [0.5, 0.6) is 0 Å². The van der Waals surface area contributed by atoms with Crippen molar-refractivity contribution in [3.63, 3.8) is 0 Å². The molecular formula is C10H19N2. The summed E-state index contributed by atoms with van der Waals surface area (Å²) in [6.07, 6.45) is 4.18. The molecule has 69 valence electrons. The topological polar surface area (TPSA) is 17.3 Å². The standard InChI is InChI=1S/C10H19N2/c1-12-6-4-10(8-12)9-3-2-5-11-7-9/h9-10H,2-8H2,1H3. The summed E-state index contributed by atoms with van der Waals surface area (Å²) in [7, 11) is 2.24. The van der Waals surface area contributed by atoms with Crippen LogP contribution in [0.15, 0.2) is 0 Å². The Labute approximate surface area is 75.3 Å². The molecular weight excluding hydrogens is 148 g/mol. The first-order valence-corrected chi connectivity index (χ1v) is 5.18. The van der Waals surface area contributed by atoms with Gasteiger partial charge in [-0.15, -0.1) is 0 Å². The van der Waals surface area contributed by atoms with Crippen LogP contribution in [0.25, 0.3) is 0 Å². The van der Waals surface area contributed by atoms with Crippen LogP contribution in [0.3, 0.4) is 0 Å². The molecule has 2 heterocycles. The highest BCUT2D eigenvalue weighted by Gasteiger charge is 2.28. The molecule has 0 saturated carbocycles. The minimum Gasteiger partial charge on any atom is -0.306 e. The minimum atomic E-state index is 0.920. The summed E-state index contributed by atoms with van der Waals surface area (Å²) in [5.74, 6) is 1.88. The molecule has 0 N–H and O–H groups in total. The molecule has 0 amide bonds. The van der Waals surface area contributed by atoms with Gasteiger partial charge in [-0.1, -0.05) is 0 Å². The maximum atomic E-state index is 4.51. The average Bonchev–Trinajstić information content (AvgIpc) is 2.54. The Kier molecular flexibility index (Phi) is 2.66. The van der Waals surface area contributed by atoms with E-state index in [0.717, 1.165) is 24.9 Å². The van der Waals surface area contributed by atoms with Gasteiger partial charge in [0.15, 0.2) is 0 Å². The van der Waals surface area contributed by atoms with Crippen molar-refractivity contribution in [3.05, 3.63) is 0 Å². The third-order valence-corrected chi connectivity index (χ3v) is 3.35. The van der Waals surface area contributed by atoms with Gasteiger partial charge in [-0.05, 0) is 44.7 Å². The first-order chi connectivity index (χ1) is 5.86. The molecule has 2 saturated heterocycles. The van der Waals surface area contributed by atoms with E-state index in [1.165, 1.54) is 32.4 Å². The van der Waals surface area contributed by atoms with Crippen LogP contribution in [0, 0.1) is 11.8 Å². The maximum absolute atomic E-state index is 4.51. The zero-order chi connectivity index (χ0) is 8.39. The largest absolute Gasteiger partial charge is 0.306 e. The molecule has 2 fully saturated rings. The van der Waals surface area contributed by atoms with Crippen LogP contribution in [0.1, 0.15) is 19.3 Å². The van der Waals surface area contributed by atoms with Gasteiger partial charge in [0.05, 0.1) is 0 Å². The zero-order valence-electron chi connectivity index (χ0n) is 8.00. The van der Waals surface area contributed by atoms with Crippen molar-refractivity contribution in [3.8, 4) is 0 Å². The van der Waals surface area contributed by atoms with Crippen LogP contribution in [-0.4, -0.2) is 38.1 Å². The van der Waals surface area contributed by atoms with Gasteiger partial charge in [0.25, 0.3) is 0 Å². The molecule has 2 atom stereocenters. The van der Waals surface area contributed by atoms with Gasteiger partial charge in [0.2, 0.25) is 0 Å². The fraction of sp³-hybridized carbons (Fsp3) is 1.00. The van der Waals surface area contributed by atoms with Gasteiger partial charge in [-0.3, -0.25) is 0 Å². The Morgan fingerprint density at radius 3 is 2.75 bits per heavy atom. The lowest BCUT2D eigenvalue weighted by molar-refractivity contribution is 0.259. The van der Waals surface area contributed by atoms with Gasteiger partial charge >= 0.3 is 0 Å². The van der Waals surface area contributed by atoms with E-state index in [9.17, 15) is 0 Å². The molecule has 2 rings (SSSR count). The highest BCUT2D eigenvalue weighted by Crippen LogP contribution is 2.27. The number of piperidine rings is 1. The minimum absolute atomic E-state index is 0.920. The van der Waals surface area contributed by atoms with Crippen molar-refractivity contribution >= 4 is 0 Å². The summed E-state index contributed by atoms with van der Waals surface area (Å²) < 4.78 is 0. The lowest BCUT2D eigenvalue weighted by atomic mass is 9.86. The lowest BCUT2D eigenvalue weighted by Gasteiger charge is -2.26. The second kappa shape index (κ2) is 3.75. The molecule has 0 bridgehead atoms. The van der Waals surface area contributed by atoms with E-state index in [2.05, 4.69) is 17.3 Å². The highest BCUT2D eigenvalue weighted by molar-refractivity contribution is 4.82. The molecule has 2 aliphatic heterocycles. The smallest absolute Gasteiger partial charge is 0.0164 e. The van der Waals surface area contributed by atoms with Crippen LogP contribution in [0.4, 0.5) is 0 Å². The number of rotatable bonds is 1. The van der Waals surface area contributed by atoms with Crippen LogP contribution < -0.4 is 5.32 Å². The van der Waals surface area contributed by atoms with Gasteiger partial charge in [0.1, 0.15) is 0 Å². The number of nitrogens with zero attached hydrogens (tertiary/aromatic N) is 2. The predicted octanol–water partition coefficient (Wildman–Crippen LogP) is 0.952. The number of likely N-dealkylation sites (tertiary alicyclic amines) is 1. The summed E-state index contributed by atoms with van der Waals surface area (Å²) >= 11 is 0. The third kappa shape index (κ3) is 1.80. The summed E-state index contributed by atoms with van der Waals surface area (Å²) in [5.41, 5.74) is 0. The molecule has 0 aromatic heterocycles. The maximum Gasteiger partial charge on any atom is 0.0164 e. The SMILES string of the molecule is CN1CCC(C2CCC[N]C2)C1. The molecule has 2 unspecified atom stereocenters. The zero-order valence-corrected chi connectivity index (χ0v) is 8.00. The van der Waals surface area contributed by atoms with E-state index in [0.29, 0.717) is 0 Å². The van der Waals surface area contributed by atoms with Crippen molar-refractivity contribution in [1.29, 1.82) is 0 Å². The lowest BCUT2D eigenvalue weighted by Crippen LogP contribution is -2.31. The molecule has 0 spiro atoms. The Bertz CT molecular complexity index is 138. The van der Waals surface area contributed by atoms with Crippen LogP contribution in [0.2, 0.25) is 0 Å². The van der Waals surface area contributed by atoms with Crippen molar-refractivity contribution in [1.82, 2.24) is 10.2 Å². The summed E-state index contributed by atoms with van der Waals surface area (Å²) in [4.78, 5) is 2.46. The molecule has 0 aliphatic carbocycles. The fourth-order valence-corrected chi connectivity index (χ4v) is 2.55. The van der Waals surface area contributed by atoms with Crippen molar-refractivity contribution in [2.45, 2.75) is 19.3 Å². The Balaban J connectivity index is 1.83. The molecule has 2 aliphatic rings. The third-order valence-electron chi connectivity index (χ3n) is 3.35. The van der Waals surface area contributed by atoms with Gasteiger partial charge in [-0.25, -0.2) is 5.32 Å². The molecule has 0 aromatic rings. The van der Waals surface area contributed by atoms with Crippen LogP contribution >= 0.6 is 0 Å². The van der Waals surface area contributed by atoms with E-state index in [4.69, 9.17) is 0 Å². The van der Waals surface area contributed by atoms with Crippen molar-refractivity contribution < 1.29 is 0 Å². The van der Waals surface area contributed by atoms with E-state index in [1.54, 1.807) is 0 Å². The Hall–Kier alpha value is -0.0800. The molecule has 12 heavy (non-hydrogen) atoms. The van der Waals surface area contributed by atoms with Crippen molar-refractivity contribution in [2.75, 3.05) is 33.2 Å². The van der Waals surface area contributed by atoms with Gasteiger partial charge in [0, 0.05) is 19.6 Å². The Morgan fingerprint density at radius 2 is 2.17 bits per heavy atom. The first kappa shape index (κ1) is 8.52. The summed E-state index contributed by atoms with van der Waals surface area (Å²) in [6.45, 7) is 4.90. The quantitative estimate of drug-likeness (QED) is 0.568. The summed E-state index contributed by atoms with van der Waals surface area (Å²) in [5, 5.41) is 4.51. The van der Waals surface area contributed by atoms with E-state index < -0.39 is 0 Å². The Morgan fingerprint density at radius 1 is 1.25 bits per heavy atom. The van der Waals surface area contributed by atoms with E-state index >= 15 is 0 Å². The second-order valence-corrected chi connectivity index (χ2v) is 4.34. The number of hydrogen-bond acceptors (Lipinski definition) is 1. The second-order valence-electron chi connectivity index (χ2n) is 4.34. The normalized spacial score (nSPS) is 38.8. The van der Waals surface area contributed by atoms with E-state index in [1.807, 2.05) is 0 Å². The molecule has 0 aromatic carbocycles. The highest BCUT2D eigenvalue weighted by atomic mass is 15.1. The molecule has 2 heteroatoms.